The number of hydrogen-bond donors (Lipinski definition) is 0. The average Bonchev–Trinajstić information content (AvgIpc) is 2.39. The molecule has 0 aromatic heterocycles. The van der Waals surface area contributed by atoms with Gasteiger partial charge in [-0.25, -0.2) is 0 Å². The Kier molecular flexibility index (Phi) is 3.37. The van der Waals surface area contributed by atoms with E-state index in [1.54, 1.807) is 0 Å². The van der Waals surface area contributed by atoms with Gasteiger partial charge in [-0.3, -0.25) is 4.79 Å². The minimum absolute atomic E-state index is 0.0433. The topological polar surface area (TPSA) is 17.1 Å². The first kappa shape index (κ1) is 10.9. The highest BCUT2D eigenvalue weighted by atomic mass is 35.5. The van der Waals surface area contributed by atoms with Crippen LogP contribution in [0.25, 0.3) is 0 Å². The Bertz CT molecular complexity index is 474. The molecule has 0 atom stereocenters. The van der Waals surface area contributed by atoms with Gasteiger partial charge in [-0.15, -0.1) is 11.6 Å². The molecule has 0 heterocycles. The van der Waals surface area contributed by atoms with Gasteiger partial charge in [0.15, 0.2) is 5.78 Å². The molecule has 16 heavy (non-hydrogen) atoms. The van der Waals surface area contributed by atoms with E-state index in [0.717, 1.165) is 5.56 Å². The summed E-state index contributed by atoms with van der Waals surface area (Å²) in [4.78, 5) is 12.0. The van der Waals surface area contributed by atoms with E-state index in [9.17, 15) is 4.79 Å². The normalized spacial score (nSPS) is 10.1. The maximum Gasteiger partial charge on any atom is 0.193 e. The van der Waals surface area contributed by atoms with Crippen molar-refractivity contribution < 1.29 is 4.79 Å². The predicted octanol–water partition coefficient (Wildman–Crippen LogP) is 3.66. The summed E-state index contributed by atoms with van der Waals surface area (Å²) < 4.78 is 0. The highest BCUT2D eigenvalue weighted by Gasteiger charge is 2.07. The zero-order chi connectivity index (χ0) is 11.4. The van der Waals surface area contributed by atoms with Crippen molar-refractivity contribution >= 4 is 17.4 Å². The van der Waals surface area contributed by atoms with Crippen LogP contribution in [0.15, 0.2) is 54.6 Å². The van der Waals surface area contributed by atoms with Crippen LogP contribution in [0.3, 0.4) is 0 Å². The van der Waals surface area contributed by atoms with Crippen molar-refractivity contribution in [1.82, 2.24) is 0 Å². The zero-order valence-electron chi connectivity index (χ0n) is 8.69. The Hall–Kier alpha value is -1.60. The quantitative estimate of drug-likeness (QED) is 0.581. The summed E-state index contributed by atoms with van der Waals surface area (Å²) in [6, 6.07) is 16.6. The van der Waals surface area contributed by atoms with Gasteiger partial charge in [0.05, 0.1) is 0 Å². The van der Waals surface area contributed by atoms with E-state index in [-0.39, 0.29) is 5.78 Å². The summed E-state index contributed by atoms with van der Waals surface area (Å²) in [7, 11) is 0. The lowest BCUT2D eigenvalue weighted by molar-refractivity contribution is 0.103. The van der Waals surface area contributed by atoms with Gasteiger partial charge in [-0.05, 0) is 5.56 Å². The van der Waals surface area contributed by atoms with Crippen LogP contribution in [0, 0.1) is 0 Å². The number of halogens is 1. The number of benzene rings is 2. The summed E-state index contributed by atoms with van der Waals surface area (Å²) in [6.07, 6.45) is 0. The molecule has 80 valence electrons. The molecule has 0 unspecified atom stereocenters. The zero-order valence-corrected chi connectivity index (χ0v) is 9.45. The van der Waals surface area contributed by atoms with Gasteiger partial charge in [0.1, 0.15) is 0 Å². The van der Waals surface area contributed by atoms with E-state index in [2.05, 4.69) is 0 Å². The molecule has 2 heteroatoms. The predicted molar refractivity (Wildman–Crippen MR) is 65.9 cm³/mol. The Morgan fingerprint density at radius 3 is 2.00 bits per heavy atom. The second-order valence-corrected chi connectivity index (χ2v) is 3.79. The number of alkyl halides is 1. The molecule has 0 radical (unpaired) electrons. The molecule has 2 aromatic carbocycles. The van der Waals surface area contributed by atoms with Crippen molar-refractivity contribution in [3.63, 3.8) is 0 Å². The third-order valence-corrected chi connectivity index (χ3v) is 2.72. The Morgan fingerprint density at radius 2 is 1.44 bits per heavy atom. The minimum atomic E-state index is 0.0433. The molecule has 0 fully saturated rings. The van der Waals surface area contributed by atoms with Crippen molar-refractivity contribution in [2.45, 2.75) is 5.88 Å². The van der Waals surface area contributed by atoms with Gasteiger partial charge in [0.2, 0.25) is 0 Å². The van der Waals surface area contributed by atoms with E-state index < -0.39 is 0 Å². The number of carbonyl (C=O) groups is 1. The van der Waals surface area contributed by atoms with Crippen LogP contribution in [0.2, 0.25) is 0 Å². The SMILES string of the molecule is O=C(c1ccccc1)c1ccc(CCl)cc1. The summed E-state index contributed by atoms with van der Waals surface area (Å²) in [5, 5.41) is 0. The minimum Gasteiger partial charge on any atom is -0.289 e. The lowest BCUT2D eigenvalue weighted by Gasteiger charge is -2.01. The van der Waals surface area contributed by atoms with E-state index in [4.69, 9.17) is 11.6 Å². The van der Waals surface area contributed by atoms with E-state index in [1.807, 2.05) is 54.6 Å². The molecule has 0 saturated carbocycles. The molecule has 2 rings (SSSR count). The van der Waals surface area contributed by atoms with Gasteiger partial charge in [0.25, 0.3) is 0 Å². The van der Waals surface area contributed by atoms with Crippen LogP contribution < -0.4 is 0 Å². The standard InChI is InChI=1S/C14H11ClO/c15-10-11-6-8-13(9-7-11)14(16)12-4-2-1-3-5-12/h1-9H,10H2. The molecule has 0 saturated heterocycles. The molecule has 2 aromatic rings. The molecule has 0 aliphatic rings. The smallest absolute Gasteiger partial charge is 0.193 e. The highest BCUT2D eigenvalue weighted by Crippen LogP contribution is 2.11. The van der Waals surface area contributed by atoms with E-state index in [1.165, 1.54) is 0 Å². The van der Waals surface area contributed by atoms with E-state index >= 15 is 0 Å². The molecular weight excluding hydrogens is 220 g/mol. The van der Waals surface area contributed by atoms with Crippen LogP contribution in [-0.4, -0.2) is 5.78 Å². The van der Waals surface area contributed by atoms with Gasteiger partial charge >= 0.3 is 0 Å². The molecular formula is C14H11ClO. The third kappa shape index (κ3) is 2.31. The van der Waals surface area contributed by atoms with Gasteiger partial charge in [-0.2, -0.15) is 0 Å². The summed E-state index contributed by atoms with van der Waals surface area (Å²) in [5.74, 6) is 0.515. The average molecular weight is 231 g/mol. The van der Waals surface area contributed by atoms with Gasteiger partial charge in [0, 0.05) is 17.0 Å². The lowest BCUT2D eigenvalue weighted by Crippen LogP contribution is -2.00. The lowest BCUT2D eigenvalue weighted by atomic mass is 10.0. The monoisotopic (exact) mass is 230 g/mol. The van der Waals surface area contributed by atoms with E-state index in [0.29, 0.717) is 17.0 Å². The fourth-order valence-corrected chi connectivity index (χ4v) is 1.68. The second kappa shape index (κ2) is 4.95. The molecule has 0 bridgehead atoms. The summed E-state index contributed by atoms with van der Waals surface area (Å²) in [6.45, 7) is 0. The van der Waals surface area contributed by atoms with Gasteiger partial charge < -0.3 is 0 Å². The van der Waals surface area contributed by atoms with Crippen molar-refractivity contribution in [1.29, 1.82) is 0 Å². The number of ketones is 1. The molecule has 0 N–H and O–H groups in total. The Morgan fingerprint density at radius 1 is 0.875 bits per heavy atom. The van der Waals surface area contributed by atoms with Gasteiger partial charge in [-0.1, -0.05) is 54.6 Å². The first-order chi connectivity index (χ1) is 7.81. The van der Waals surface area contributed by atoms with Crippen LogP contribution in [0.4, 0.5) is 0 Å². The first-order valence-corrected chi connectivity index (χ1v) is 5.59. The second-order valence-electron chi connectivity index (χ2n) is 3.53. The molecule has 0 aliphatic carbocycles. The maximum atomic E-state index is 12.0. The molecule has 0 amide bonds. The fraction of sp³-hybridized carbons (Fsp3) is 0.0714. The Balaban J connectivity index is 2.28. The van der Waals surface area contributed by atoms with Crippen molar-refractivity contribution in [3.05, 3.63) is 71.3 Å². The first-order valence-electron chi connectivity index (χ1n) is 5.06. The molecule has 0 spiro atoms. The maximum absolute atomic E-state index is 12.0. The van der Waals surface area contributed by atoms with Crippen LogP contribution in [-0.2, 0) is 5.88 Å². The number of hydrogen-bond acceptors (Lipinski definition) is 1. The van der Waals surface area contributed by atoms with Crippen molar-refractivity contribution in [3.8, 4) is 0 Å². The molecule has 1 nitrogen and oxygen atoms in total. The van der Waals surface area contributed by atoms with Crippen LogP contribution in [0.5, 0.6) is 0 Å². The van der Waals surface area contributed by atoms with Crippen LogP contribution >= 0.6 is 11.6 Å². The van der Waals surface area contributed by atoms with Crippen LogP contribution in [0.1, 0.15) is 21.5 Å². The van der Waals surface area contributed by atoms with Crippen molar-refractivity contribution in [2.75, 3.05) is 0 Å². The number of carbonyl (C=O) groups excluding carboxylic acids is 1. The summed E-state index contributed by atoms with van der Waals surface area (Å²) >= 11 is 5.69. The highest BCUT2D eigenvalue weighted by molar-refractivity contribution is 6.17. The third-order valence-electron chi connectivity index (χ3n) is 2.41. The fourth-order valence-electron chi connectivity index (χ4n) is 1.50. The molecule has 0 aliphatic heterocycles. The largest absolute Gasteiger partial charge is 0.289 e. The number of rotatable bonds is 3. The Labute approximate surface area is 99.7 Å². The summed E-state index contributed by atoms with van der Waals surface area (Å²) in [5.41, 5.74) is 2.42. The van der Waals surface area contributed by atoms with Crippen molar-refractivity contribution in [2.24, 2.45) is 0 Å².